The van der Waals surface area contributed by atoms with Crippen LogP contribution >= 0.6 is 0 Å². The number of ether oxygens (including phenoxy) is 1. The van der Waals surface area contributed by atoms with Gasteiger partial charge < -0.3 is 14.7 Å². The molecule has 0 radical (unpaired) electrons. The molecule has 0 spiro atoms. The van der Waals surface area contributed by atoms with E-state index in [2.05, 4.69) is 4.98 Å². The van der Waals surface area contributed by atoms with Crippen LogP contribution in [0.15, 0.2) is 18.3 Å². The van der Waals surface area contributed by atoms with E-state index >= 15 is 0 Å². The molecule has 24 heavy (non-hydrogen) atoms. The van der Waals surface area contributed by atoms with Gasteiger partial charge in [-0.05, 0) is 25.0 Å². The SMILES string of the molecule is CCCN(CCC(=O)O)C(=O)c1c(CC)nc2c(OC)cccn12. The van der Waals surface area contributed by atoms with E-state index in [1.54, 1.807) is 34.7 Å². The highest BCUT2D eigenvalue weighted by Gasteiger charge is 2.24. The smallest absolute Gasteiger partial charge is 0.305 e. The van der Waals surface area contributed by atoms with E-state index in [-0.39, 0.29) is 18.9 Å². The molecule has 1 amide bonds. The van der Waals surface area contributed by atoms with E-state index in [9.17, 15) is 9.59 Å². The predicted octanol–water partition coefficient (Wildman–Crippen LogP) is 2.23. The third kappa shape index (κ3) is 3.50. The Morgan fingerprint density at radius 2 is 2.08 bits per heavy atom. The van der Waals surface area contributed by atoms with Crippen LogP contribution in [0, 0.1) is 0 Å². The van der Waals surface area contributed by atoms with Crippen LogP contribution in [0.5, 0.6) is 5.75 Å². The molecule has 0 aliphatic carbocycles. The van der Waals surface area contributed by atoms with Gasteiger partial charge >= 0.3 is 5.97 Å². The van der Waals surface area contributed by atoms with E-state index in [4.69, 9.17) is 9.84 Å². The molecule has 0 aliphatic heterocycles. The summed E-state index contributed by atoms with van der Waals surface area (Å²) in [5.74, 6) is -0.519. The van der Waals surface area contributed by atoms with Gasteiger partial charge in [-0.3, -0.25) is 14.0 Å². The second kappa shape index (κ2) is 7.81. The molecule has 7 heteroatoms. The number of aliphatic carboxylic acids is 1. The van der Waals surface area contributed by atoms with Gasteiger partial charge in [0.25, 0.3) is 5.91 Å². The number of rotatable bonds is 8. The molecular formula is C17H23N3O4. The zero-order valence-electron chi connectivity index (χ0n) is 14.3. The maximum atomic E-state index is 13.0. The van der Waals surface area contributed by atoms with Gasteiger partial charge in [-0.25, -0.2) is 4.98 Å². The van der Waals surface area contributed by atoms with Gasteiger partial charge in [0.2, 0.25) is 0 Å². The van der Waals surface area contributed by atoms with Crippen LogP contribution in [0.1, 0.15) is 42.9 Å². The van der Waals surface area contributed by atoms with Gasteiger partial charge in [-0.15, -0.1) is 0 Å². The molecule has 0 unspecified atom stereocenters. The number of imidazole rings is 1. The first-order chi connectivity index (χ1) is 11.5. The van der Waals surface area contributed by atoms with Gasteiger partial charge in [0, 0.05) is 19.3 Å². The lowest BCUT2D eigenvalue weighted by atomic mass is 10.2. The minimum atomic E-state index is -0.917. The Bertz CT molecular complexity index is 739. The lowest BCUT2D eigenvalue weighted by molar-refractivity contribution is -0.137. The van der Waals surface area contributed by atoms with Crippen LogP contribution in [-0.4, -0.2) is 51.5 Å². The Morgan fingerprint density at radius 3 is 2.67 bits per heavy atom. The molecule has 0 fully saturated rings. The molecule has 0 aliphatic rings. The molecule has 0 saturated carbocycles. The number of amides is 1. The van der Waals surface area contributed by atoms with Gasteiger partial charge in [-0.1, -0.05) is 13.8 Å². The van der Waals surface area contributed by atoms with E-state index in [0.29, 0.717) is 35.8 Å². The third-order valence-electron chi connectivity index (χ3n) is 3.82. The second-order valence-corrected chi connectivity index (χ2v) is 5.47. The second-order valence-electron chi connectivity index (χ2n) is 5.47. The summed E-state index contributed by atoms with van der Waals surface area (Å²) in [5, 5.41) is 8.91. The zero-order chi connectivity index (χ0) is 17.7. The van der Waals surface area contributed by atoms with Crippen molar-refractivity contribution >= 4 is 17.5 Å². The molecule has 2 heterocycles. The molecule has 2 aromatic heterocycles. The summed E-state index contributed by atoms with van der Waals surface area (Å²) >= 11 is 0. The number of fused-ring (bicyclic) bond motifs is 1. The molecular weight excluding hydrogens is 310 g/mol. The Kier molecular flexibility index (Phi) is 5.78. The van der Waals surface area contributed by atoms with Crippen molar-refractivity contribution in [2.75, 3.05) is 20.2 Å². The van der Waals surface area contributed by atoms with Crippen molar-refractivity contribution in [3.63, 3.8) is 0 Å². The first-order valence-corrected chi connectivity index (χ1v) is 8.08. The minimum absolute atomic E-state index is 0.0761. The highest BCUT2D eigenvalue weighted by Crippen LogP contribution is 2.23. The molecule has 1 N–H and O–H groups in total. The van der Waals surface area contributed by atoms with Crippen LogP contribution in [0.3, 0.4) is 0 Å². The zero-order valence-corrected chi connectivity index (χ0v) is 14.3. The Hall–Kier alpha value is -2.57. The molecule has 2 aromatic rings. The number of hydrogen-bond acceptors (Lipinski definition) is 4. The van der Waals surface area contributed by atoms with Gasteiger partial charge in [0.1, 0.15) is 5.69 Å². The van der Waals surface area contributed by atoms with Crippen LogP contribution in [-0.2, 0) is 11.2 Å². The number of aromatic nitrogens is 2. The Labute approximate surface area is 140 Å². The van der Waals surface area contributed by atoms with E-state index in [0.717, 1.165) is 6.42 Å². The summed E-state index contributed by atoms with van der Waals surface area (Å²) in [7, 11) is 1.56. The Balaban J connectivity index is 2.48. The van der Waals surface area contributed by atoms with Crippen molar-refractivity contribution in [1.29, 1.82) is 0 Å². The van der Waals surface area contributed by atoms with Crippen molar-refractivity contribution < 1.29 is 19.4 Å². The summed E-state index contributed by atoms with van der Waals surface area (Å²) in [5.41, 5.74) is 1.75. The lowest BCUT2D eigenvalue weighted by Gasteiger charge is -2.21. The number of nitrogens with zero attached hydrogens (tertiary/aromatic N) is 3. The number of pyridine rings is 1. The molecule has 0 saturated heterocycles. The summed E-state index contributed by atoms with van der Waals surface area (Å²) in [6.07, 6.45) is 3.06. The van der Waals surface area contributed by atoms with Crippen molar-refractivity contribution in [3.8, 4) is 5.75 Å². The van der Waals surface area contributed by atoms with Crippen molar-refractivity contribution in [3.05, 3.63) is 29.7 Å². The average molecular weight is 333 g/mol. The summed E-state index contributed by atoms with van der Waals surface area (Å²) in [6, 6.07) is 3.59. The number of methoxy groups -OCH3 is 1. The first kappa shape index (κ1) is 17.8. The predicted molar refractivity (Wildman–Crippen MR) is 89.6 cm³/mol. The van der Waals surface area contributed by atoms with E-state index < -0.39 is 5.97 Å². The maximum absolute atomic E-state index is 13.0. The fraction of sp³-hybridized carbons (Fsp3) is 0.471. The monoisotopic (exact) mass is 333 g/mol. The van der Waals surface area contributed by atoms with Crippen LogP contribution in [0.4, 0.5) is 0 Å². The molecule has 130 valence electrons. The lowest BCUT2D eigenvalue weighted by Crippen LogP contribution is -2.35. The maximum Gasteiger partial charge on any atom is 0.305 e. The summed E-state index contributed by atoms with van der Waals surface area (Å²) in [4.78, 5) is 30.0. The van der Waals surface area contributed by atoms with Gasteiger partial charge in [0.05, 0.1) is 19.2 Å². The molecule has 0 aromatic carbocycles. The standard InChI is InChI=1S/C17H23N3O4/c1-4-9-19(11-8-14(21)22)17(23)15-12(5-2)18-16-13(24-3)7-6-10-20(15)16/h6-7,10H,4-5,8-9,11H2,1-3H3,(H,21,22). The average Bonchev–Trinajstić information content (AvgIpc) is 2.96. The number of carbonyl (C=O) groups is 2. The molecule has 7 nitrogen and oxygen atoms in total. The Morgan fingerprint density at radius 1 is 1.33 bits per heavy atom. The van der Waals surface area contributed by atoms with Crippen molar-refractivity contribution in [2.24, 2.45) is 0 Å². The molecule has 0 atom stereocenters. The number of carboxylic acid groups (broad SMARTS) is 1. The van der Waals surface area contributed by atoms with Crippen molar-refractivity contribution in [2.45, 2.75) is 33.1 Å². The fourth-order valence-electron chi connectivity index (χ4n) is 2.69. The quantitative estimate of drug-likeness (QED) is 0.801. The van der Waals surface area contributed by atoms with E-state index in [1.807, 2.05) is 13.8 Å². The highest BCUT2D eigenvalue weighted by atomic mass is 16.5. The van der Waals surface area contributed by atoms with E-state index in [1.165, 1.54) is 0 Å². The normalized spacial score (nSPS) is 10.8. The number of carbonyl (C=O) groups excluding carboxylic acids is 1. The largest absolute Gasteiger partial charge is 0.493 e. The van der Waals surface area contributed by atoms with Crippen molar-refractivity contribution in [1.82, 2.24) is 14.3 Å². The minimum Gasteiger partial charge on any atom is -0.493 e. The van der Waals surface area contributed by atoms with Gasteiger partial charge in [-0.2, -0.15) is 0 Å². The van der Waals surface area contributed by atoms with Crippen LogP contribution in [0.2, 0.25) is 0 Å². The molecule has 0 bridgehead atoms. The topological polar surface area (TPSA) is 84.1 Å². The third-order valence-corrected chi connectivity index (χ3v) is 3.82. The number of aryl methyl sites for hydroxylation is 1. The summed E-state index contributed by atoms with van der Waals surface area (Å²) < 4.78 is 7.05. The van der Waals surface area contributed by atoms with Gasteiger partial charge in [0.15, 0.2) is 11.4 Å². The van der Waals surface area contributed by atoms with Crippen LogP contribution in [0.25, 0.3) is 5.65 Å². The number of hydrogen-bond donors (Lipinski definition) is 1. The van der Waals surface area contributed by atoms with Crippen LogP contribution < -0.4 is 4.74 Å². The number of carboxylic acids is 1. The highest BCUT2D eigenvalue weighted by molar-refractivity contribution is 5.95. The first-order valence-electron chi connectivity index (χ1n) is 8.08. The fourth-order valence-corrected chi connectivity index (χ4v) is 2.69. The molecule has 2 rings (SSSR count). The summed E-state index contributed by atoms with van der Waals surface area (Å²) in [6.45, 7) is 4.58.